The number of amides is 5. The molecule has 14 nitrogen and oxygen atoms in total. The SMILES string of the molecule is CCC(C)[C@H](NC(=O)[C@@H](N)Cc1ccccc1)C(=O)NCC(=O)N[C@@H](Cc1ccccc1)C(=O)N1CCC[C@H]1C(=O)NCCCNc1cccc2c1C(=O)c1ccccc1C2=O. The van der Waals surface area contributed by atoms with Crippen molar-refractivity contribution in [3.8, 4) is 0 Å². The van der Waals surface area contributed by atoms with Crippen LogP contribution in [0.2, 0.25) is 0 Å². The summed E-state index contributed by atoms with van der Waals surface area (Å²) in [6.07, 6.45) is 2.56. The molecule has 1 unspecified atom stereocenters. The minimum Gasteiger partial charge on any atom is -0.384 e. The van der Waals surface area contributed by atoms with Crippen LogP contribution in [-0.4, -0.2) is 96.3 Å². The Hall–Kier alpha value is -6.67. The summed E-state index contributed by atoms with van der Waals surface area (Å²) in [4.78, 5) is 95.6. The zero-order chi connectivity index (χ0) is 44.2. The number of nitrogens with one attached hydrogen (secondary N) is 5. The van der Waals surface area contributed by atoms with Crippen LogP contribution >= 0.6 is 0 Å². The van der Waals surface area contributed by atoms with Gasteiger partial charge in [-0.05, 0) is 48.8 Å². The van der Waals surface area contributed by atoms with E-state index >= 15 is 0 Å². The molecule has 1 heterocycles. The van der Waals surface area contributed by atoms with E-state index in [1.807, 2.05) is 74.5 Å². The maximum atomic E-state index is 14.2. The predicted octanol–water partition coefficient (Wildman–Crippen LogP) is 3.32. The lowest BCUT2D eigenvalue weighted by molar-refractivity contribution is -0.141. The fourth-order valence-corrected chi connectivity index (χ4v) is 7.93. The molecule has 0 aromatic heterocycles. The highest BCUT2D eigenvalue weighted by Crippen LogP contribution is 2.32. The van der Waals surface area contributed by atoms with Crippen molar-refractivity contribution in [1.82, 2.24) is 26.2 Å². The van der Waals surface area contributed by atoms with Gasteiger partial charge in [-0.15, -0.1) is 0 Å². The first kappa shape index (κ1) is 44.9. The monoisotopic (exact) mass is 841 g/mol. The fraction of sp³-hybridized carbons (Fsp3) is 0.354. The van der Waals surface area contributed by atoms with E-state index in [2.05, 4.69) is 26.6 Å². The molecule has 1 aliphatic heterocycles. The normalized spacial score (nSPS) is 16.2. The molecule has 1 aliphatic carbocycles. The zero-order valence-corrected chi connectivity index (χ0v) is 35.2. The Balaban J connectivity index is 1.02. The summed E-state index contributed by atoms with van der Waals surface area (Å²) in [6.45, 7) is 4.29. The lowest BCUT2D eigenvalue weighted by Crippen LogP contribution is -2.57. The number of hydrogen-bond acceptors (Lipinski definition) is 9. The number of hydrogen-bond donors (Lipinski definition) is 6. The fourth-order valence-electron chi connectivity index (χ4n) is 7.93. The summed E-state index contributed by atoms with van der Waals surface area (Å²) in [6, 6.07) is 26.8. The highest BCUT2D eigenvalue weighted by molar-refractivity contribution is 6.30. The summed E-state index contributed by atoms with van der Waals surface area (Å²) in [5, 5.41) is 14.4. The third-order valence-corrected chi connectivity index (χ3v) is 11.5. The molecule has 1 saturated heterocycles. The molecule has 14 heteroatoms. The first-order valence-electron chi connectivity index (χ1n) is 21.3. The third-order valence-electron chi connectivity index (χ3n) is 11.5. The molecular formula is C48H55N7O7. The van der Waals surface area contributed by atoms with Crippen LogP contribution in [0.1, 0.15) is 82.5 Å². The molecule has 6 rings (SSSR count). The zero-order valence-electron chi connectivity index (χ0n) is 35.2. The molecule has 1 fully saturated rings. The van der Waals surface area contributed by atoms with Crippen molar-refractivity contribution < 1.29 is 33.6 Å². The lowest BCUT2D eigenvalue weighted by atomic mass is 9.83. The Labute approximate surface area is 361 Å². The van der Waals surface area contributed by atoms with E-state index in [0.29, 0.717) is 73.1 Å². The largest absolute Gasteiger partial charge is 0.384 e. The van der Waals surface area contributed by atoms with Gasteiger partial charge < -0.3 is 37.2 Å². The van der Waals surface area contributed by atoms with Crippen molar-refractivity contribution in [2.45, 2.75) is 76.5 Å². The second-order valence-electron chi connectivity index (χ2n) is 15.9. The second kappa shape index (κ2) is 21.2. The average Bonchev–Trinajstić information content (AvgIpc) is 3.79. The van der Waals surface area contributed by atoms with Crippen LogP contribution in [0.25, 0.3) is 0 Å². The van der Waals surface area contributed by atoms with E-state index in [1.165, 1.54) is 4.90 Å². The maximum absolute atomic E-state index is 14.2. The van der Waals surface area contributed by atoms with Gasteiger partial charge >= 0.3 is 0 Å². The van der Waals surface area contributed by atoms with Crippen molar-refractivity contribution >= 4 is 46.8 Å². The summed E-state index contributed by atoms with van der Waals surface area (Å²) in [5.74, 6) is -3.06. The van der Waals surface area contributed by atoms with Crippen LogP contribution < -0.4 is 32.3 Å². The van der Waals surface area contributed by atoms with E-state index < -0.39 is 54.3 Å². The van der Waals surface area contributed by atoms with Gasteiger partial charge in [0.15, 0.2) is 11.6 Å². The summed E-state index contributed by atoms with van der Waals surface area (Å²) in [5.41, 5.74) is 9.85. The third kappa shape index (κ3) is 11.0. The Kier molecular flexibility index (Phi) is 15.4. The lowest BCUT2D eigenvalue weighted by Gasteiger charge is -2.29. The van der Waals surface area contributed by atoms with E-state index in [0.717, 1.165) is 11.1 Å². The quantitative estimate of drug-likeness (QED) is 0.0674. The van der Waals surface area contributed by atoms with Crippen molar-refractivity contribution in [2.75, 3.05) is 31.5 Å². The van der Waals surface area contributed by atoms with Gasteiger partial charge in [-0.2, -0.15) is 0 Å². The van der Waals surface area contributed by atoms with Gasteiger partial charge in [0.2, 0.25) is 29.5 Å². The number of fused-ring (bicyclic) bond motifs is 2. The van der Waals surface area contributed by atoms with Gasteiger partial charge in [-0.3, -0.25) is 33.6 Å². The average molecular weight is 842 g/mol. The number of nitrogens with zero attached hydrogens (tertiary/aromatic N) is 1. The number of nitrogens with two attached hydrogens (primary N) is 1. The number of benzene rings is 4. The Morgan fingerprint density at radius 2 is 1.35 bits per heavy atom. The number of rotatable bonds is 19. The van der Waals surface area contributed by atoms with Crippen LogP contribution in [0.15, 0.2) is 103 Å². The van der Waals surface area contributed by atoms with Gasteiger partial charge in [-0.1, -0.05) is 117 Å². The topological polar surface area (TPSA) is 209 Å². The van der Waals surface area contributed by atoms with Gasteiger partial charge in [0, 0.05) is 48.4 Å². The molecule has 0 radical (unpaired) electrons. The molecule has 2 aliphatic rings. The number of anilines is 1. The molecular weight excluding hydrogens is 787 g/mol. The Bertz CT molecular complexity index is 2270. The molecule has 5 amide bonds. The molecule has 0 saturated carbocycles. The first-order valence-corrected chi connectivity index (χ1v) is 21.3. The van der Waals surface area contributed by atoms with Crippen molar-refractivity contribution in [2.24, 2.45) is 11.7 Å². The molecule has 4 aromatic rings. The van der Waals surface area contributed by atoms with Gasteiger partial charge in [0.05, 0.1) is 18.2 Å². The summed E-state index contributed by atoms with van der Waals surface area (Å²) < 4.78 is 0. The van der Waals surface area contributed by atoms with Crippen LogP contribution in [0.3, 0.4) is 0 Å². The number of carbonyl (C=O) groups is 7. The maximum Gasteiger partial charge on any atom is 0.246 e. The number of carbonyl (C=O) groups excluding carboxylic acids is 7. The van der Waals surface area contributed by atoms with E-state index in [-0.39, 0.29) is 36.4 Å². The van der Waals surface area contributed by atoms with E-state index in [9.17, 15) is 33.6 Å². The van der Waals surface area contributed by atoms with Gasteiger partial charge in [0.1, 0.15) is 18.1 Å². The molecule has 7 N–H and O–H groups in total. The highest BCUT2D eigenvalue weighted by atomic mass is 16.2. The summed E-state index contributed by atoms with van der Waals surface area (Å²) in [7, 11) is 0. The van der Waals surface area contributed by atoms with E-state index in [1.54, 1.807) is 42.5 Å². The Morgan fingerprint density at radius 3 is 2.03 bits per heavy atom. The van der Waals surface area contributed by atoms with Crippen LogP contribution in [0.5, 0.6) is 0 Å². The molecule has 4 aromatic carbocycles. The van der Waals surface area contributed by atoms with E-state index in [4.69, 9.17) is 5.73 Å². The van der Waals surface area contributed by atoms with Gasteiger partial charge in [0.25, 0.3) is 0 Å². The molecule has 62 heavy (non-hydrogen) atoms. The van der Waals surface area contributed by atoms with Crippen LogP contribution in [0, 0.1) is 5.92 Å². The van der Waals surface area contributed by atoms with Crippen LogP contribution in [-0.2, 0) is 36.8 Å². The van der Waals surface area contributed by atoms with Crippen LogP contribution in [0.4, 0.5) is 5.69 Å². The minimum absolute atomic E-state index is 0.156. The van der Waals surface area contributed by atoms with Crippen molar-refractivity contribution in [3.63, 3.8) is 0 Å². The standard InChI is InChI=1S/C48H55N7O7/c1-3-30(2)42(54-45(59)36(49)27-31-15-6-4-7-16-31)47(61)52-29-40(56)53-38(28-32-17-8-5-9-18-32)48(62)55-26-13-23-39(55)46(60)51-25-14-24-50-37-22-12-21-35-41(37)44(58)34-20-11-10-19-33(34)43(35)57/h4-12,15-22,30,36,38-39,42,50H,3,13-14,23-29,49H2,1-2H3,(H,51,60)(H,52,61)(H,53,56)(H,54,59)/t30?,36-,38-,39-,42-/m0/s1. The Morgan fingerprint density at radius 1 is 0.726 bits per heavy atom. The highest BCUT2D eigenvalue weighted by Gasteiger charge is 2.38. The molecule has 0 spiro atoms. The second-order valence-corrected chi connectivity index (χ2v) is 15.9. The number of likely N-dealkylation sites (tertiary alicyclic amines) is 1. The van der Waals surface area contributed by atoms with Crippen molar-refractivity contribution in [1.29, 1.82) is 0 Å². The molecule has 0 bridgehead atoms. The smallest absolute Gasteiger partial charge is 0.246 e. The minimum atomic E-state index is -1.03. The summed E-state index contributed by atoms with van der Waals surface area (Å²) >= 11 is 0. The van der Waals surface area contributed by atoms with Gasteiger partial charge in [-0.25, -0.2) is 0 Å². The molecule has 5 atom stereocenters. The van der Waals surface area contributed by atoms with Crippen molar-refractivity contribution in [3.05, 3.63) is 137 Å². The first-order chi connectivity index (χ1) is 30.0. The predicted molar refractivity (Wildman–Crippen MR) is 235 cm³/mol. The number of ketones is 2. The molecule has 324 valence electrons.